The largest absolute Gasteiger partial charge is 0.327 e. The molecule has 0 N–H and O–H groups in total. The Morgan fingerprint density at radius 3 is 2.71 bits per heavy atom. The highest BCUT2D eigenvalue weighted by molar-refractivity contribution is 14.1. The van der Waals surface area contributed by atoms with Crippen molar-refractivity contribution in [3.63, 3.8) is 0 Å². The highest BCUT2D eigenvalue weighted by atomic mass is 127. The number of aryl methyl sites for hydroxylation is 2. The van der Waals surface area contributed by atoms with Gasteiger partial charge in [0.15, 0.2) is 0 Å². The summed E-state index contributed by atoms with van der Waals surface area (Å²) in [4.78, 5) is 8.50. The molecule has 0 aliphatic heterocycles. The van der Waals surface area contributed by atoms with Crippen molar-refractivity contribution in [1.82, 2.24) is 14.5 Å². The maximum atomic E-state index is 13.8. The van der Waals surface area contributed by atoms with E-state index in [0.29, 0.717) is 16.0 Å². The molecule has 21 heavy (non-hydrogen) atoms. The van der Waals surface area contributed by atoms with Crippen LogP contribution in [-0.2, 0) is 18.8 Å². The Hall–Kier alpha value is -1.21. The number of imidazole rings is 1. The standard InChI is InChI=1S/C15H12ClFIN3/c16-9-15-20-13-8-12(18)11(17)7-14(13)21(15)6-3-10-1-4-19-5-2-10/h1-2,4-5,7-8H,3,6,9H2. The zero-order valence-electron chi connectivity index (χ0n) is 11.1. The van der Waals surface area contributed by atoms with Gasteiger partial charge >= 0.3 is 0 Å². The molecule has 0 bridgehead atoms. The van der Waals surface area contributed by atoms with Gasteiger partial charge in [0.1, 0.15) is 11.6 Å². The smallest absolute Gasteiger partial charge is 0.138 e. The molecule has 0 saturated carbocycles. The van der Waals surface area contributed by atoms with Gasteiger partial charge in [-0.1, -0.05) is 0 Å². The molecule has 0 amide bonds. The van der Waals surface area contributed by atoms with E-state index in [0.717, 1.165) is 23.3 Å². The predicted octanol–water partition coefficient (Wildman–Crippen LogP) is 4.16. The number of hydrogen-bond donors (Lipinski definition) is 0. The van der Waals surface area contributed by atoms with E-state index in [1.54, 1.807) is 18.5 Å². The third-order valence-corrected chi connectivity index (χ3v) is 4.43. The van der Waals surface area contributed by atoms with Crippen molar-refractivity contribution in [1.29, 1.82) is 0 Å². The topological polar surface area (TPSA) is 30.7 Å². The van der Waals surface area contributed by atoms with Crippen LogP contribution in [0.1, 0.15) is 11.4 Å². The SMILES string of the molecule is Fc1cc2c(cc1I)nc(CCl)n2CCc1ccncc1. The summed E-state index contributed by atoms with van der Waals surface area (Å²) in [6, 6.07) is 7.24. The molecule has 0 aliphatic carbocycles. The lowest BCUT2D eigenvalue weighted by atomic mass is 10.2. The number of pyridine rings is 1. The Morgan fingerprint density at radius 2 is 2.00 bits per heavy atom. The molecule has 108 valence electrons. The van der Waals surface area contributed by atoms with Crippen molar-refractivity contribution in [3.05, 3.63) is 57.4 Å². The Labute approximate surface area is 140 Å². The van der Waals surface area contributed by atoms with Crippen LogP contribution in [0.4, 0.5) is 4.39 Å². The molecule has 0 fully saturated rings. The third kappa shape index (κ3) is 3.03. The molecule has 0 saturated heterocycles. The second kappa shape index (κ2) is 6.27. The highest BCUT2D eigenvalue weighted by Crippen LogP contribution is 2.23. The van der Waals surface area contributed by atoms with E-state index in [-0.39, 0.29) is 5.82 Å². The minimum atomic E-state index is -0.228. The summed E-state index contributed by atoms with van der Waals surface area (Å²) in [6.45, 7) is 0.711. The van der Waals surface area contributed by atoms with Gasteiger partial charge in [0, 0.05) is 25.0 Å². The summed E-state index contributed by atoms with van der Waals surface area (Å²) < 4.78 is 16.4. The van der Waals surface area contributed by atoms with Crippen molar-refractivity contribution in [2.75, 3.05) is 0 Å². The maximum absolute atomic E-state index is 13.8. The maximum Gasteiger partial charge on any atom is 0.138 e. The van der Waals surface area contributed by atoms with Gasteiger partial charge in [0.05, 0.1) is 20.5 Å². The number of rotatable bonds is 4. The molecule has 0 spiro atoms. The predicted molar refractivity (Wildman–Crippen MR) is 89.9 cm³/mol. The quantitative estimate of drug-likeness (QED) is 0.473. The minimum Gasteiger partial charge on any atom is -0.327 e. The van der Waals surface area contributed by atoms with Crippen LogP contribution in [-0.4, -0.2) is 14.5 Å². The van der Waals surface area contributed by atoms with Gasteiger partial charge in [-0.3, -0.25) is 4.98 Å². The van der Waals surface area contributed by atoms with Crippen LogP contribution < -0.4 is 0 Å². The van der Waals surface area contributed by atoms with Crippen LogP contribution in [0.2, 0.25) is 0 Å². The van der Waals surface area contributed by atoms with E-state index < -0.39 is 0 Å². The summed E-state index contributed by atoms with van der Waals surface area (Å²) in [7, 11) is 0. The van der Waals surface area contributed by atoms with Crippen LogP contribution in [0.5, 0.6) is 0 Å². The first-order chi connectivity index (χ1) is 10.2. The summed E-state index contributed by atoms with van der Waals surface area (Å²) >= 11 is 7.95. The number of alkyl halides is 1. The number of fused-ring (bicyclic) bond motifs is 1. The lowest BCUT2D eigenvalue weighted by Gasteiger charge is -2.08. The first-order valence-corrected chi connectivity index (χ1v) is 8.09. The molecule has 1 aromatic carbocycles. The molecular formula is C15H12ClFIN3. The first-order valence-electron chi connectivity index (χ1n) is 6.48. The molecule has 6 heteroatoms. The monoisotopic (exact) mass is 415 g/mol. The van der Waals surface area contributed by atoms with Crippen LogP contribution in [0, 0.1) is 9.39 Å². The Bertz CT molecular complexity index is 773. The van der Waals surface area contributed by atoms with Gasteiger partial charge in [-0.2, -0.15) is 0 Å². The fourth-order valence-corrected chi connectivity index (χ4v) is 2.97. The molecule has 0 aliphatic rings. The molecule has 0 unspecified atom stereocenters. The zero-order chi connectivity index (χ0) is 14.8. The summed E-state index contributed by atoms with van der Waals surface area (Å²) in [5.41, 5.74) is 2.75. The molecule has 2 aromatic heterocycles. The summed E-state index contributed by atoms with van der Waals surface area (Å²) in [5.74, 6) is 0.847. The second-order valence-electron chi connectivity index (χ2n) is 4.67. The fourth-order valence-electron chi connectivity index (χ4n) is 2.31. The Kier molecular flexibility index (Phi) is 4.40. The average Bonchev–Trinajstić information content (AvgIpc) is 2.83. The highest BCUT2D eigenvalue weighted by Gasteiger charge is 2.12. The van der Waals surface area contributed by atoms with Gasteiger partial charge in [-0.05, 0) is 52.8 Å². The van der Waals surface area contributed by atoms with E-state index >= 15 is 0 Å². The van der Waals surface area contributed by atoms with Crippen molar-refractivity contribution in [2.45, 2.75) is 18.8 Å². The van der Waals surface area contributed by atoms with E-state index in [4.69, 9.17) is 11.6 Å². The van der Waals surface area contributed by atoms with Crippen LogP contribution >= 0.6 is 34.2 Å². The van der Waals surface area contributed by atoms with Crippen LogP contribution in [0.25, 0.3) is 11.0 Å². The van der Waals surface area contributed by atoms with Crippen LogP contribution in [0.3, 0.4) is 0 Å². The second-order valence-corrected chi connectivity index (χ2v) is 6.10. The Morgan fingerprint density at radius 1 is 1.24 bits per heavy atom. The summed E-state index contributed by atoms with van der Waals surface area (Å²) in [5, 5.41) is 0. The molecule has 2 heterocycles. The molecule has 3 rings (SSSR count). The number of halogens is 3. The number of benzene rings is 1. The van der Waals surface area contributed by atoms with Gasteiger partial charge in [-0.25, -0.2) is 9.37 Å². The lowest BCUT2D eigenvalue weighted by Crippen LogP contribution is -2.05. The van der Waals surface area contributed by atoms with Crippen molar-refractivity contribution in [3.8, 4) is 0 Å². The normalized spacial score (nSPS) is 11.2. The van der Waals surface area contributed by atoms with Crippen molar-refractivity contribution >= 4 is 45.2 Å². The van der Waals surface area contributed by atoms with Crippen molar-refractivity contribution < 1.29 is 4.39 Å². The van der Waals surface area contributed by atoms with Gasteiger partial charge in [0.25, 0.3) is 0 Å². The number of aromatic nitrogens is 3. The third-order valence-electron chi connectivity index (χ3n) is 3.36. The molecule has 3 nitrogen and oxygen atoms in total. The van der Waals surface area contributed by atoms with E-state index in [1.165, 1.54) is 11.6 Å². The van der Waals surface area contributed by atoms with Gasteiger partial charge in [-0.15, -0.1) is 11.6 Å². The van der Waals surface area contributed by atoms with Crippen molar-refractivity contribution in [2.24, 2.45) is 0 Å². The van der Waals surface area contributed by atoms with Gasteiger partial charge in [0.2, 0.25) is 0 Å². The lowest BCUT2D eigenvalue weighted by molar-refractivity contribution is 0.619. The fraction of sp³-hybridized carbons (Fsp3) is 0.200. The van der Waals surface area contributed by atoms with Gasteiger partial charge < -0.3 is 4.57 Å². The van der Waals surface area contributed by atoms with Crippen LogP contribution in [0.15, 0.2) is 36.7 Å². The molecular weight excluding hydrogens is 404 g/mol. The molecule has 3 aromatic rings. The molecule has 0 radical (unpaired) electrons. The molecule has 0 atom stereocenters. The first kappa shape index (κ1) is 14.7. The summed E-state index contributed by atoms with van der Waals surface area (Å²) in [6.07, 6.45) is 4.36. The Balaban J connectivity index is 1.98. The van der Waals surface area contributed by atoms with E-state index in [9.17, 15) is 4.39 Å². The number of hydrogen-bond acceptors (Lipinski definition) is 2. The minimum absolute atomic E-state index is 0.228. The number of nitrogens with zero attached hydrogens (tertiary/aromatic N) is 3. The van der Waals surface area contributed by atoms with E-state index in [1.807, 2.05) is 39.3 Å². The zero-order valence-corrected chi connectivity index (χ0v) is 14.0. The average molecular weight is 416 g/mol. The van der Waals surface area contributed by atoms with E-state index in [2.05, 4.69) is 9.97 Å².